The average molecular weight is 2320 g/mol. The molecule has 29 nitrogen and oxygen atoms in total. The average Bonchev–Trinajstić information content (AvgIpc) is 0.794. The summed E-state index contributed by atoms with van der Waals surface area (Å²) in [5.74, 6) is -4.92. The molecule has 0 spiro atoms. The first kappa shape index (κ1) is 112. The molecular weight excluding hydrogens is 2210 g/mol. The minimum Gasteiger partial charge on any atom is -0.549 e. The Morgan fingerprint density at radius 1 is 0.394 bits per heavy atom. The second-order valence-electron chi connectivity index (χ2n) is 36.7. The van der Waals surface area contributed by atoms with E-state index in [0.29, 0.717) is 174 Å². The van der Waals surface area contributed by atoms with Crippen LogP contribution in [-0.2, 0) is 98.7 Å². The van der Waals surface area contributed by atoms with Gasteiger partial charge in [-0.1, -0.05) is 129 Å². The molecule has 142 heavy (non-hydrogen) atoms. The van der Waals surface area contributed by atoms with Crippen LogP contribution in [0.4, 0.5) is 0 Å². The number of pyridine rings is 12. The molecule has 3 N–H and O–H groups in total. The van der Waals surface area contributed by atoms with Crippen LogP contribution in [0.1, 0.15) is 196 Å². The Bertz CT molecular complexity index is 6500. The van der Waals surface area contributed by atoms with Crippen LogP contribution in [0.25, 0.3) is 68.3 Å². The quantitative estimate of drug-likeness (QED) is 0.0322. The third kappa shape index (κ3) is 32.1. The Balaban J connectivity index is 0.000000209. The maximum atomic E-state index is 13.7. The molecule has 0 unspecified atom stereocenters. The molecule has 726 valence electrons. The molecular formula is C110H116Eu3N18O11+7. The van der Waals surface area contributed by atoms with Crippen molar-refractivity contribution in [1.29, 1.82) is 0 Å². The van der Waals surface area contributed by atoms with Gasteiger partial charge in [-0.15, -0.1) is 0 Å². The number of carboxylic acid groups (broad SMARTS) is 4. The fourth-order valence-corrected chi connectivity index (χ4v) is 17.7. The molecule has 18 heterocycles. The summed E-state index contributed by atoms with van der Waals surface area (Å²) < 4.78 is 1.48. The Morgan fingerprint density at radius 3 is 1.02 bits per heavy atom. The fraction of sp³-hybridized carbons (Fsp3) is 0.327. The Labute approximate surface area is 951 Å². The van der Waals surface area contributed by atoms with Crippen LogP contribution in [0.2, 0.25) is 0 Å². The number of aliphatic carboxylic acids is 3. The number of carboxylic acids is 4. The van der Waals surface area contributed by atoms with Crippen molar-refractivity contribution in [1.82, 2.24) is 79.4 Å². The van der Waals surface area contributed by atoms with E-state index >= 15 is 0 Å². The van der Waals surface area contributed by atoms with Gasteiger partial charge in [0.25, 0.3) is 0 Å². The van der Waals surface area contributed by atoms with Gasteiger partial charge in [-0.2, -0.15) is 0 Å². The molecule has 0 saturated carbocycles. The zero-order valence-electron chi connectivity index (χ0n) is 79.9. The summed E-state index contributed by atoms with van der Waals surface area (Å²) in [7, 11) is 0. The number of aromatic nitrogens is 12. The number of likely N-dealkylation sites (N-methyl/N-ethyl adjacent to an activating group) is 1. The Hall–Kier alpha value is -9.87. The van der Waals surface area contributed by atoms with Gasteiger partial charge in [0.1, 0.15) is 5.97 Å². The number of benzene rings is 1. The van der Waals surface area contributed by atoms with Crippen LogP contribution < -0.4 is 21.1 Å². The number of hydrogen-bond donors (Lipinski definition) is 2. The largest absolute Gasteiger partial charge is 3.00 e. The number of nitrogens with two attached hydrogens (primary N) is 1. The minimum atomic E-state index is -1.38. The summed E-state index contributed by atoms with van der Waals surface area (Å²) in [4.78, 5) is 155. The summed E-state index contributed by atoms with van der Waals surface area (Å²) in [6.45, 7) is 17.9. The van der Waals surface area contributed by atoms with E-state index < -0.39 is 23.9 Å². The van der Waals surface area contributed by atoms with Gasteiger partial charge in [-0.25, -0.2) is 39.3 Å². The minimum absolute atomic E-state index is 0. The third-order valence-electron chi connectivity index (χ3n) is 24.5. The molecule has 1 aromatic carbocycles. The fourth-order valence-electron chi connectivity index (χ4n) is 17.7. The van der Waals surface area contributed by atoms with E-state index in [1.165, 1.54) is 10.1 Å². The molecule has 0 amide bonds. The SMILES string of the molecule is C.CC(C)C(=O)c1cc2nc(c1)-c1cc(C(=O)CCCN)cc(n1)CN1Cc3cccc(n3)-c3cccc(n3)CC(Cc3cccc(n3)-c3cccc(n3)C1)C2.CC(C)C(=O)c1cc2nc(c1)-c1cc(C(=O)O)cc(n1)CN1Cc3cccc(n3)-c3cccc(n3)CC(Cc3cccc(n3)-c3cccc(n3)C1)C2.CCN(CC[N+](=CC(=O)[O-])CCN(CC(=O)[O-])Cc1ccc(C(C)C)cc1)CC(=O)[O-].[Eu+3].[Eu+3].[Eu+3]. The van der Waals surface area contributed by atoms with Crippen molar-refractivity contribution >= 4 is 47.4 Å². The summed E-state index contributed by atoms with van der Waals surface area (Å²) in [5, 5.41) is 43.3. The number of hydrogen-bond acceptors (Lipinski definition) is 27. The van der Waals surface area contributed by atoms with Crippen LogP contribution in [0.5, 0.6) is 0 Å². The van der Waals surface area contributed by atoms with E-state index in [1.54, 1.807) is 34.9 Å². The Morgan fingerprint density at radius 2 is 0.690 bits per heavy atom. The molecule has 32 heteroatoms. The number of Topliss-reactive ketones (excluding diaryl/α,β-unsaturated/α-hetero) is 3. The molecule has 0 atom stereocenters. The summed E-state index contributed by atoms with van der Waals surface area (Å²) in [6.07, 6.45) is 5.44. The maximum absolute atomic E-state index is 13.7. The normalized spacial score (nSPS) is 15.0. The molecule has 12 aromatic heterocycles. The zero-order valence-corrected chi connectivity index (χ0v) is 87.1. The van der Waals surface area contributed by atoms with Crippen LogP contribution in [0, 0.1) is 172 Å². The van der Waals surface area contributed by atoms with Crippen molar-refractivity contribution < 1.29 is 207 Å². The molecule has 0 aliphatic carbocycles. The van der Waals surface area contributed by atoms with Crippen LogP contribution in [0.15, 0.2) is 218 Å². The van der Waals surface area contributed by atoms with Crippen LogP contribution >= 0.6 is 0 Å². The topological polar surface area (TPSA) is 406 Å². The third-order valence-corrected chi connectivity index (χ3v) is 24.5. The van der Waals surface area contributed by atoms with E-state index in [9.17, 15) is 54.0 Å². The van der Waals surface area contributed by atoms with Gasteiger partial charge >= 0.3 is 154 Å². The van der Waals surface area contributed by atoms with E-state index in [0.717, 1.165) is 114 Å². The van der Waals surface area contributed by atoms with E-state index in [-0.39, 0.29) is 235 Å². The second-order valence-corrected chi connectivity index (χ2v) is 36.7. The van der Waals surface area contributed by atoms with Crippen molar-refractivity contribution in [2.24, 2.45) is 29.4 Å². The number of carbonyl (C=O) groups is 7. The molecule has 0 radical (unpaired) electrons. The number of aromatic carboxylic acids is 1. The van der Waals surface area contributed by atoms with Gasteiger partial charge in [0.2, 0.25) is 0 Å². The number of rotatable bonds is 24. The van der Waals surface area contributed by atoms with Crippen molar-refractivity contribution in [3.63, 3.8) is 0 Å². The van der Waals surface area contributed by atoms with Crippen molar-refractivity contribution in [3.05, 3.63) is 320 Å². The van der Waals surface area contributed by atoms with Crippen LogP contribution in [0.3, 0.4) is 0 Å². The predicted molar refractivity (Wildman–Crippen MR) is 524 cm³/mol. The number of carbonyl (C=O) groups excluding carboxylic acids is 6. The van der Waals surface area contributed by atoms with Crippen molar-refractivity contribution in [3.8, 4) is 68.3 Å². The summed E-state index contributed by atoms with van der Waals surface area (Å²) >= 11 is 0. The first-order chi connectivity index (χ1) is 66.6. The Kier molecular flexibility index (Phi) is 42.6. The van der Waals surface area contributed by atoms with Crippen molar-refractivity contribution in [2.45, 2.75) is 159 Å². The summed E-state index contributed by atoms with van der Waals surface area (Å²) in [6, 6.07) is 70.5. The van der Waals surface area contributed by atoms with Gasteiger partial charge in [-0.05, 0) is 233 Å². The van der Waals surface area contributed by atoms with E-state index in [2.05, 4.69) is 35.8 Å². The van der Waals surface area contributed by atoms with E-state index in [4.69, 9.17) is 65.5 Å². The molecule has 0 saturated heterocycles. The molecule has 6 aliphatic rings. The van der Waals surface area contributed by atoms with Gasteiger partial charge in [0.05, 0.1) is 133 Å². The van der Waals surface area contributed by atoms with Gasteiger partial charge in [0, 0.05) is 128 Å². The standard InChI is InChI=1S/C45H44N8O2.C42H37N7O3.C22H33N3O6.CH4.3Eu/c1-28(2)45(55)31-22-36-20-29-18-32-8-3-12-38(47-32)40-14-5-10-34(49-40)25-53(26-35-11-6-15-41(50-35)39-13-4-9-33(19-29)48-39)27-37-21-30(44(54)16-7-17-46)23-42(52-37)43(24-31)51-36;1-25(2)41(50)27-18-33-17-26-15-29-7-3-11-35(43-29)37-13-5-9-31(45-37)22-49(24-34-19-28(42(51)52)21-40(48-34)39(20-27)47-33)23-32-10-6-14-38(46-32)36-12-4-8-30(16-26)44-36;1-4-23(14-20(26)27)9-10-24(15-21(28)29)11-12-25(16-22(30)31)13-18-5-7-19(8-6-18)17(2)3;;;;/h3-6,8-15,21-24,28-29H,7,16-20,25-27,46H2,1-2H3;3-14,18-21,25-26H,15-17,22-24H2,1-2H3,(H,51,52);5-8,15,17H,4,9-14,16H2,1-3H3,(H2-,26,27,28,29,30,31);1H4;;;/q;;;;3*+3/p-2. The number of ketones is 3. The smallest absolute Gasteiger partial charge is 0.549 e. The maximum Gasteiger partial charge on any atom is 3.00 e. The van der Waals surface area contributed by atoms with Gasteiger partial charge in [-0.3, -0.25) is 63.9 Å². The predicted octanol–water partition coefficient (Wildman–Crippen LogP) is 12.3. The first-order valence-corrected chi connectivity index (χ1v) is 47.0. The molecule has 0 fully saturated rings. The summed E-state index contributed by atoms with van der Waals surface area (Å²) in [5.41, 5.74) is 27.8. The molecule has 28 bridgehead atoms. The monoisotopic (exact) mass is 2320 g/mol. The first-order valence-electron chi connectivity index (χ1n) is 47.0. The molecule has 13 aromatic rings. The van der Waals surface area contributed by atoms with E-state index in [1.807, 2.05) is 216 Å². The van der Waals surface area contributed by atoms with Crippen LogP contribution in [-0.4, -0.2) is 189 Å². The van der Waals surface area contributed by atoms with Gasteiger partial charge < -0.3 is 40.5 Å². The second kappa shape index (κ2) is 53.8. The van der Waals surface area contributed by atoms with Gasteiger partial charge in [0.15, 0.2) is 36.7 Å². The number of nitrogens with zero attached hydrogens (tertiary/aromatic N) is 17. The zero-order chi connectivity index (χ0) is 97.0. The van der Waals surface area contributed by atoms with Crippen molar-refractivity contribution in [2.75, 3.05) is 52.4 Å². The molecule has 19 rings (SSSR count). The molecule has 6 aliphatic heterocycles.